The summed E-state index contributed by atoms with van der Waals surface area (Å²) in [7, 11) is 0. The van der Waals surface area contributed by atoms with Crippen molar-refractivity contribution >= 4 is 28.8 Å². The first-order valence-electron chi connectivity index (χ1n) is 11.7. The van der Waals surface area contributed by atoms with E-state index >= 15 is 0 Å². The van der Waals surface area contributed by atoms with Gasteiger partial charge in [-0.3, -0.25) is 9.59 Å². The number of carbonyl (C=O) groups excluding carboxylic acids is 2. The van der Waals surface area contributed by atoms with E-state index in [2.05, 4.69) is 48.2 Å². The molecule has 3 heterocycles. The Bertz CT molecular complexity index is 1200. The van der Waals surface area contributed by atoms with Crippen LogP contribution in [0.5, 0.6) is 0 Å². The summed E-state index contributed by atoms with van der Waals surface area (Å²) in [5, 5.41) is 6.42. The van der Waals surface area contributed by atoms with Crippen molar-refractivity contribution in [3.8, 4) is 0 Å². The second-order valence-corrected chi connectivity index (χ2v) is 10.9. The minimum atomic E-state index is -0.632. The predicted molar refractivity (Wildman–Crippen MR) is 133 cm³/mol. The Hall–Kier alpha value is -2.90. The fourth-order valence-corrected chi connectivity index (χ4v) is 4.74. The average molecular weight is 466 g/mol. The van der Waals surface area contributed by atoms with Gasteiger partial charge in [0, 0.05) is 34.0 Å². The third kappa shape index (κ3) is 4.42. The van der Waals surface area contributed by atoms with E-state index in [1.165, 1.54) is 0 Å². The fraction of sp³-hybridized carbons (Fsp3) is 0.481. The largest absolute Gasteiger partial charge is 0.357 e. The average Bonchev–Trinajstić information content (AvgIpc) is 3.19. The van der Waals surface area contributed by atoms with Crippen molar-refractivity contribution in [2.24, 2.45) is 0 Å². The van der Waals surface area contributed by atoms with Gasteiger partial charge in [-0.25, -0.2) is 0 Å². The van der Waals surface area contributed by atoms with Gasteiger partial charge in [-0.1, -0.05) is 26.0 Å². The summed E-state index contributed by atoms with van der Waals surface area (Å²) in [4.78, 5) is 28.4. The standard InChI is InChI=1S/C27H35N3O4/c1-9-25(3,4)22-18(14-20-24(32)28-15(2)23(31)30-20)17-12-16(10-11-19(17)29-22)13-21-26(5,6)34-27(7,8)33-21/h9-12,14-15,21,29H,1,13H2,2-8H3,(H,28,32)(H,30,31)/b20-14-/t15-,21-/m1/s1. The van der Waals surface area contributed by atoms with Crippen molar-refractivity contribution in [3.63, 3.8) is 0 Å². The number of hydrogen-bond acceptors (Lipinski definition) is 4. The Morgan fingerprint density at radius 3 is 2.50 bits per heavy atom. The van der Waals surface area contributed by atoms with Gasteiger partial charge in [-0.2, -0.15) is 0 Å². The van der Waals surface area contributed by atoms with Gasteiger partial charge in [-0.15, -0.1) is 6.58 Å². The molecule has 182 valence electrons. The molecule has 0 bridgehead atoms. The van der Waals surface area contributed by atoms with Crippen LogP contribution >= 0.6 is 0 Å². The summed E-state index contributed by atoms with van der Waals surface area (Å²) in [6, 6.07) is 5.69. The van der Waals surface area contributed by atoms with Crippen molar-refractivity contribution in [1.82, 2.24) is 15.6 Å². The highest BCUT2D eigenvalue weighted by Crippen LogP contribution is 2.39. The Kier molecular flexibility index (Phi) is 5.77. The number of fused-ring (bicyclic) bond motifs is 1. The van der Waals surface area contributed by atoms with Crippen LogP contribution in [0.15, 0.2) is 36.6 Å². The number of ether oxygens (including phenoxy) is 2. The van der Waals surface area contributed by atoms with E-state index in [4.69, 9.17) is 9.47 Å². The Morgan fingerprint density at radius 1 is 1.18 bits per heavy atom. The first-order valence-corrected chi connectivity index (χ1v) is 11.7. The van der Waals surface area contributed by atoms with Crippen molar-refractivity contribution < 1.29 is 19.1 Å². The topological polar surface area (TPSA) is 92.4 Å². The van der Waals surface area contributed by atoms with Gasteiger partial charge < -0.3 is 25.1 Å². The molecule has 3 N–H and O–H groups in total. The van der Waals surface area contributed by atoms with Gasteiger partial charge in [0.25, 0.3) is 5.91 Å². The lowest BCUT2D eigenvalue weighted by Gasteiger charge is -2.24. The van der Waals surface area contributed by atoms with Crippen LogP contribution in [0.1, 0.15) is 65.3 Å². The molecule has 2 aliphatic heterocycles. The second kappa shape index (κ2) is 8.10. The molecule has 0 spiro atoms. The first-order chi connectivity index (χ1) is 15.7. The SMILES string of the molecule is C=CC(C)(C)c1[nH]c2ccc(C[C@H]3OC(C)(C)OC3(C)C)cc2c1/C=C1\NC(=O)[C@@H](C)NC1=O. The smallest absolute Gasteiger partial charge is 0.268 e. The van der Waals surface area contributed by atoms with Gasteiger partial charge in [0.2, 0.25) is 5.91 Å². The molecule has 0 aliphatic carbocycles. The Labute approximate surface area is 201 Å². The zero-order valence-electron chi connectivity index (χ0n) is 21.1. The quantitative estimate of drug-likeness (QED) is 0.458. The molecule has 2 fully saturated rings. The molecule has 7 nitrogen and oxygen atoms in total. The highest BCUT2D eigenvalue weighted by molar-refractivity contribution is 6.08. The van der Waals surface area contributed by atoms with Crippen LogP contribution in [-0.2, 0) is 30.9 Å². The van der Waals surface area contributed by atoms with E-state index in [9.17, 15) is 9.59 Å². The minimum Gasteiger partial charge on any atom is -0.357 e. The van der Waals surface area contributed by atoms with Crippen LogP contribution in [0, 0.1) is 0 Å². The van der Waals surface area contributed by atoms with Gasteiger partial charge in [-0.05, 0) is 58.4 Å². The highest BCUT2D eigenvalue weighted by Gasteiger charge is 2.46. The lowest BCUT2D eigenvalue weighted by atomic mass is 9.86. The van der Waals surface area contributed by atoms with Crippen LogP contribution in [0.2, 0.25) is 0 Å². The van der Waals surface area contributed by atoms with Crippen LogP contribution < -0.4 is 10.6 Å². The minimum absolute atomic E-state index is 0.102. The van der Waals surface area contributed by atoms with Crippen molar-refractivity contribution in [1.29, 1.82) is 0 Å². The summed E-state index contributed by atoms with van der Waals surface area (Å²) < 4.78 is 12.3. The van der Waals surface area contributed by atoms with Crippen LogP contribution in [-0.4, -0.2) is 40.3 Å². The van der Waals surface area contributed by atoms with E-state index in [1.54, 1.807) is 13.0 Å². The molecule has 2 aromatic rings. The first kappa shape index (κ1) is 24.2. The zero-order valence-corrected chi connectivity index (χ0v) is 21.1. The molecule has 2 saturated heterocycles. The molecule has 2 amide bonds. The fourth-order valence-electron chi connectivity index (χ4n) is 4.74. The molecule has 2 aliphatic rings. The van der Waals surface area contributed by atoms with Crippen LogP contribution in [0.3, 0.4) is 0 Å². The van der Waals surface area contributed by atoms with Crippen molar-refractivity contribution in [3.05, 3.63) is 53.4 Å². The number of benzene rings is 1. The Morgan fingerprint density at radius 2 is 1.88 bits per heavy atom. The highest BCUT2D eigenvalue weighted by atomic mass is 16.8. The number of H-pyrrole nitrogens is 1. The van der Waals surface area contributed by atoms with E-state index < -0.39 is 17.4 Å². The van der Waals surface area contributed by atoms with Crippen LogP contribution in [0.25, 0.3) is 17.0 Å². The lowest BCUT2D eigenvalue weighted by molar-refractivity contribution is -0.157. The number of aromatic amines is 1. The van der Waals surface area contributed by atoms with Gasteiger partial charge in [0.1, 0.15) is 11.7 Å². The van der Waals surface area contributed by atoms with Crippen LogP contribution in [0.4, 0.5) is 0 Å². The molecular formula is C27H35N3O4. The summed E-state index contributed by atoms with van der Waals surface area (Å²) in [5.74, 6) is -1.17. The third-order valence-electron chi connectivity index (χ3n) is 6.72. The molecule has 0 unspecified atom stereocenters. The molecule has 1 aromatic carbocycles. The predicted octanol–water partition coefficient (Wildman–Crippen LogP) is 4.08. The number of carbonyl (C=O) groups is 2. The molecule has 7 heteroatoms. The van der Waals surface area contributed by atoms with Gasteiger partial charge in [0.05, 0.1) is 11.7 Å². The summed E-state index contributed by atoms with van der Waals surface area (Å²) in [6.45, 7) is 17.7. The molecule has 0 saturated carbocycles. The maximum Gasteiger partial charge on any atom is 0.268 e. The second-order valence-electron chi connectivity index (χ2n) is 10.9. The number of nitrogens with one attached hydrogen (secondary N) is 3. The van der Waals surface area contributed by atoms with Crippen molar-refractivity contribution in [2.45, 2.75) is 83.8 Å². The number of aromatic nitrogens is 1. The van der Waals surface area contributed by atoms with Crippen molar-refractivity contribution in [2.75, 3.05) is 0 Å². The third-order valence-corrected chi connectivity index (χ3v) is 6.72. The van der Waals surface area contributed by atoms with E-state index in [0.717, 1.165) is 27.7 Å². The maximum atomic E-state index is 12.6. The number of piperazine rings is 1. The summed E-state index contributed by atoms with van der Waals surface area (Å²) >= 11 is 0. The van der Waals surface area contributed by atoms with E-state index in [0.29, 0.717) is 6.42 Å². The lowest BCUT2D eigenvalue weighted by Crippen LogP contribution is -2.53. The molecule has 4 rings (SSSR count). The molecule has 0 radical (unpaired) electrons. The monoisotopic (exact) mass is 465 g/mol. The zero-order chi connectivity index (χ0) is 25.1. The van der Waals surface area contributed by atoms with E-state index in [1.807, 2.05) is 39.8 Å². The molecular weight excluding hydrogens is 430 g/mol. The number of allylic oxidation sites excluding steroid dienone is 1. The maximum absolute atomic E-state index is 12.6. The molecule has 2 atom stereocenters. The number of hydrogen-bond donors (Lipinski definition) is 3. The summed E-state index contributed by atoms with van der Waals surface area (Å²) in [6.07, 6.45) is 4.21. The Balaban J connectivity index is 1.80. The van der Waals surface area contributed by atoms with Gasteiger partial charge in [0.15, 0.2) is 5.79 Å². The summed E-state index contributed by atoms with van der Waals surface area (Å²) in [5.41, 5.74) is 3.24. The molecule has 1 aromatic heterocycles. The van der Waals surface area contributed by atoms with E-state index in [-0.39, 0.29) is 29.0 Å². The molecule has 34 heavy (non-hydrogen) atoms. The van der Waals surface area contributed by atoms with Gasteiger partial charge >= 0.3 is 0 Å². The normalized spacial score (nSPS) is 25.4. The number of amides is 2. The number of rotatable bonds is 5.